The van der Waals surface area contributed by atoms with Gasteiger partial charge >= 0.3 is 0 Å². The third-order valence-electron chi connectivity index (χ3n) is 2.57. The van der Waals surface area contributed by atoms with Gasteiger partial charge in [0.15, 0.2) is 0 Å². The maximum Gasteiger partial charge on any atom is 0.135 e. The minimum Gasteiger partial charge on any atom is -0.459 e. The molecule has 2 rings (SSSR count). The Balaban J connectivity index is 2.52. The molecular weight excluding hydrogens is 210 g/mol. The molecule has 0 saturated heterocycles. The molecule has 3 heteroatoms. The molecule has 1 aromatic heterocycles. The van der Waals surface area contributed by atoms with E-state index in [1.54, 1.807) is 0 Å². The largest absolute Gasteiger partial charge is 0.459 e. The van der Waals surface area contributed by atoms with Crippen LogP contribution in [0.4, 0.5) is 0 Å². The number of furan rings is 1. The molecule has 0 saturated carbocycles. The van der Waals surface area contributed by atoms with E-state index in [0.29, 0.717) is 10.9 Å². The summed E-state index contributed by atoms with van der Waals surface area (Å²) in [6.07, 6.45) is 0. The topological polar surface area (TPSA) is 39.2 Å². The van der Waals surface area contributed by atoms with Crippen molar-refractivity contribution in [3.05, 3.63) is 35.0 Å². The van der Waals surface area contributed by atoms with Crippen LogP contribution in [-0.4, -0.2) is 0 Å². The summed E-state index contributed by atoms with van der Waals surface area (Å²) in [6.45, 7) is 4.14. The summed E-state index contributed by atoms with van der Waals surface area (Å²) < 4.78 is 5.66. The summed E-state index contributed by atoms with van der Waals surface area (Å²) in [7, 11) is 0. The lowest BCUT2D eigenvalue weighted by atomic mass is 10.0. The van der Waals surface area contributed by atoms with Gasteiger partial charge in [0.2, 0.25) is 0 Å². The standard InChI is InChI=1S/C12H14ClNO/c1-7(2)12(14)11-6-8-9(13)4-3-5-10(8)15-11/h3-7,12H,14H2,1-2H3/t12-/m0/s1. The van der Waals surface area contributed by atoms with Gasteiger partial charge in [0.05, 0.1) is 11.1 Å². The molecule has 0 bridgehead atoms. The fourth-order valence-corrected chi connectivity index (χ4v) is 1.76. The van der Waals surface area contributed by atoms with Gasteiger partial charge in [-0.1, -0.05) is 31.5 Å². The van der Waals surface area contributed by atoms with Gasteiger partial charge in [-0.2, -0.15) is 0 Å². The first kappa shape index (κ1) is 10.5. The number of rotatable bonds is 2. The lowest BCUT2D eigenvalue weighted by molar-refractivity contribution is 0.418. The van der Waals surface area contributed by atoms with Crippen molar-refractivity contribution in [3.8, 4) is 0 Å². The van der Waals surface area contributed by atoms with E-state index in [1.165, 1.54) is 0 Å². The molecule has 0 aliphatic carbocycles. The van der Waals surface area contributed by atoms with Gasteiger partial charge in [-0.15, -0.1) is 0 Å². The number of benzene rings is 1. The number of nitrogens with two attached hydrogens (primary N) is 1. The zero-order valence-electron chi connectivity index (χ0n) is 8.83. The fourth-order valence-electron chi connectivity index (χ4n) is 1.54. The van der Waals surface area contributed by atoms with Gasteiger partial charge in [-0.3, -0.25) is 0 Å². The molecule has 0 fully saturated rings. The highest BCUT2D eigenvalue weighted by molar-refractivity contribution is 6.35. The van der Waals surface area contributed by atoms with E-state index in [-0.39, 0.29) is 6.04 Å². The second kappa shape index (κ2) is 3.87. The van der Waals surface area contributed by atoms with E-state index in [4.69, 9.17) is 21.8 Å². The molecule has 15 heavy (non-hydrogen) atoms. The van der Waals surface area contributed by atoms with Crippen LogP contribution in [0, 0.1) is 5.92 Å². The summed E-state index contributed by atoms with van der Waals surface area (Å²) >= 11 is 6.05. The van der Waals surface area contributed by atoms with E-state index in [0.717, 1.165) is 16.7 Å². The molecule has 0 unspecified atom stereocenters. The van der Waals surface area contributed by atoms with Crippen molar-refractivity contribution in [1.29, 1.82) is 0 Å². The highest BCUT2D eigenvalue weighted by Crippen LogP contribution is 2.30. The van der Waals surface area contributed by atoms with Gasteiger partial charge in [0.1, 0.15) is 11.3 Å². The van der Waals surface area contributed by atoms with Gasteiger partial charge in [-0.05, 0) is 24.1 Å². The van der Waals surface area contributed by atoms with Crippen molar-refractivity contribution in [2.75, 3.05) is 0 Å². The molecule has 0 aliphatic heterocycles. The Bertz CT molecular complexity index is 475. The first-order valence-corrected chi connectivity index (χ1v) is 5.41. The van der Waals surface area contributed by atoms with Crippen LogP contribution >= 0.6 is 11.6 Å². The first-order chi connectivity index (χ1) is 7.09. The predicted molar refractivity (Wildman–Crippen MR) is 63.0 cm³/mol. The summed E-state index contributed by atoms with van der Waals surface area (Å²) in [5, 5.41) is 1.64. The van der Waals surface area contributed by atoms with Crippen molar-refractivity contribution in [3.63, 3.8) is 0 Å². The fraction of sp³-hybridized carbons (Fsp3) is 0.333. The van der Waals surface area contributed by atoms with Crippen LogP contribution in [0.5, 0.6) is 0 Å². The Hall–Kier alpha value is -0.990. The average Bonchev–Trinajstić information content (AvgIpc) is 2.61. The Morgan fingerprint density at radius 3 is 2.67 bits per heavy atom. The molecule has 0 radical (unpaired) electrons. The van der Waals surface area contributed by atoms with Crippen molar-refractivity contribution in [1.82, 2.24) is 0 Å². The molecule has 0 amide bonds. The Kier molecular flexibility index (Phi) is 2.72. The van der Waals surface area contributed by atoms with E-state index >= 15 is 0 Å². The summed E-state index contributed by atoms with van der Waals surface area (Å²) in [4.78, 5) is 0. The van der Waals surface area contributed by atoms with Crippen LogP contribution in [0.3, 0.4) is 0 Å². The Morgan fingerprint density at radius 2 is 2.07 bits per heavy atom. The molecule has 2 nitrogen and oxygen atoms in total. The minimum atomic E-state index is -0.0755. The minimum absolute atomic E-state index is 0.0755. The van der Waals surface area contributed by atoms with Gasteiger partial charge in [0, 0.05) is 5.39 Å². The monoisotopic (exact) mass is 223 g/mol. The van der Waals surface area contributed by atoms with Crippen molar-refractivity contribution < 1.29 is 4.42 Å². The van der Waals surface area contributed by atoms with E-state index in [1.807, 2.05) is 24.3 Å². The quantitative estimate of drug-likeness (QED) is 0.843. The first-order valence-electron chi connectivity index (χ1n) is 5.03. The Morgan fingerprint density at radius 1 is 1.33 bits per heavy atom. The molecule has 2 N–H and O–H groups in total. The zero-order chi connectivity index (χ0) is 11.0. The number of hydrogen-bond acceptors (Lipinski definition) is 2. The van der Waals surface area contributed by atoms with Gasteiger partial charge < -0.3 is 10.2 Å². The zero-order valence-corrected chi connectivity index (χ0v) is 9.58. The Labute approximate surface area is 94.0 Å². The molecule has 0 aliphatic rings. The second-order valence-corrected chi connectivity index (χ2v) is 4.48. The molecule has 1 aromatic carbocycles. The van der Waals surface area contributed by atoms with Crippen LogP contribution in [0.25, 0.3) is 11.0 Å². The van der Waals surface area contributed by atoms with Gasteiger partial charge in [0.25, 0.3) is 0 Å². The van der Waals surface area contributed by atoms with Gasteiger partial charge in [-0.25, -0.2) is 0 Å². The van der Waals surface area contributed by atoms with E-state index in [2.05, 4.69) is 13.8 Å². The molecule has 1 heterocycles. The van der Waals surface area contributed by atoms with Crippen molar-refractivity contribution >= 4 is 22.6 Å². The predicted octanol–water partition coefficient (Wildman–Crippen LogP) is 3.74. The van der Waals surface area contributed by atoms with E-state index < -0.39 is 0 Å². The number of halogens is 1. The van der Waals surface area contributed by atoms with Crippen LogP contribution in [0.15, 0.2) is 28.7 Å². The molecule has 1 atom stereocenters. The van der Waals surface area contributed by atoms with Crippen LogP contribution < -0.4 is 5.73 Å². The summed E-state index contributed by atoms with van der Waals surface area (Å²) in [5.41, 5.74) is 6.81. The SMILES string of the molecule is CC(C)[C@H](N)c1cc2c(Cl)cccc2o1. The maximum absolute atomic E-state index is 6.05. The normalized spacial score (nSPS) is 13.7. The average molecular weight is 224 g/mol. The number of fused-ring (bicyclic) bond motifs is 1. The van der Waals surface area contributed by atoms with E-state index in [9.17, 15) is 0 Å². The summed E-state index contributed by atoms with van der Waals surface area (Å²) in [6, 6.07) is 7.48. The van der Waals surface area contributed by atoms with Crippen molar-refractivity contribution in [2.45, 2.75) is 19.9 Å². The lowest BCUT2D eigenvalue weighted by Crippen LogP contribution is -2.15. The lowest BCUT2D eigenvalue weighted by Gasteiger charge is -2.11. The van der Waals surface area contributed by atoms with Crippen LogP contribution in [0.1, 0.15) is 25.6 Å². The maximum atomic E-state index is 6.05. The highest BCUT2D eigenvalue weighted by Gasteiger charge is 2.16. The summed E-state index contributed by atoms with van der Waals surface area (Å²) in [5.74, 6) is 1.15. The third kappa shape index (κ3) is 1.87. The molecule has 0 spiro atoms. The van der Waals surface area contributed by atoms with Crippen LogP contribution in [0.2, 0.25) is 5.02 Å². The molecule has 2 aromatic rings. The third-order valence-corrected chi connectivity index (χ3v) is 2.90. The smallest absolute Gasteiger partial charge is 0.135 e. The van der Waals surface area contributed by atoms with Crippen molar-refractivity contribution in [2.24, 2.45) is 11.7 Å². The number of hydrogen-bond donors (Lipinski definition) is 1. The molecule has 80 valence electrons. The van der Waals surface area contributed by atoms with Crippen LogP contribution in [-0.2, 0) is 0 Å². The molecular formula is C12H14ClNO. The highest BCUT2D eigenvalue weighted by atomic mass is 35.5. The second-order valence-electron chi connectivity index (χ2n) is 4.07.